The molecule has 0 aliphatic rings. The molecule has 0 saturated carbocycles. The summed E-state index contributed by atoms with van der Waals surface area (Å²) in [6, 6.07) is 14.0. The first-order valence-electron chi connectivity index (χ1n) is 6.93. The third-order valence-corrected chi connectivity index (χ3v) is 3.24. The summed E-state index contributed by atoms with van der Waals surface area (Å²) in [6.45, 7) is 2.55. The second-order valence-electron chi connectivity index (χ2n) is 4.88. The van der Waals surface area contributed by atoms with Crippen molar-refractivity contribution in [2.45, 2.75) is 25.9 Å². The van der Waals surface area contributed by atoms with Gasteiger partial charge in [-0.25, -0.2) is 0 Å². The summed E-state index contributed by atoms with van der Waals surface area (Å²) < 4.78 is 10.6. The van der Waals surface area contributed by atoms with Crippen LogP contribution < -0.4 is 5.32 Å². The molecule has 3 aromatic rings. The zero-order valence-electron chi connectivity index (χ0n) is 11.8. The Morgan fingerprint density at radius 2 is 2.00 bits per heavy atom. The standard InChI is InChI=1S/C16H17N3O2/c1-12(14-8-5-9-20-14)17-11-16-18-15(19-21-16)10-13-6-3-2-4-7-13/h2-9,12,17H,10-11H2,1H3/t12-/m1/s1. The van der Waals surface area contributed by atoms with Crippen LogP contribution in [0, 0.1) is 0 Å². The minimum Gasteiger partial charge on any atom is -0.468 e. The molecule has 0 unspecified atom stereocenters. The molecule has 0 amide bonds. The van der Waals surface area contributed by atoms with Gasteiger partial charge in [-0.15, -0.1) is 0 Å². The van der Waals surface area contributed by atoms with E-state index in [1.165, 1.54) is 5.56 Å². The van der Waals surface area contributed by atoms with Gasteiger partial charge >= 0.3 is 0 Å². The van der Waals surface area contributed by atoms with E-state index in [4.69, 9.17) is 8.94 Å². The minimum absolute atomic E-state index is 0.101. The molecule has 1 atom stereocenters. The molecule has 0 saturated heterocycles. The van der Waals surface area contributed by atoms with Crippen LogP contribution in [0.15, 0.2) is 57.7 Å². The molecule has 21 heavy (non-hydrogen) atoms. The van der Waals surface area contributed by atoms with Crippen molar-refractivity contribution in [1.29, 1.82) is 0 Å². The molecule has 5 nitrogen and oxygen atoms in total. The summed E-state index contributed by atoms with van der Waals surface area (Å²) in [5.74, 6) is 2.17. The number of nitrogens with one attached hydrogen (secondary N) is 1. The van der Waals surface area contributed by atoms with Gasteiger partial charge in [0.1, 0.15) is 5.76 Å². The van der Waals surface area contributed by atoms with Crippen molar-refractivity contribution >= 4 is 0 Å². The summed E-state index contributed by atoms with van der Waals surface area (Å²) >= 11 is 0. The Morgan fingerprint density at radius 3 is 2.76 bits per heavy atom. The van der Waals surface area contributed by atoms with E-state index in [2.05, 4.69) is 15.5 Å². The van der Waals surface area contributed by atoms with Crippen molar-refractivity contribution in [2.75, 3.05) is 0 Å². The molecule has 108 valence electrons. The first kappa shape index (κ1) is 13.6. The van der Waals surface area contributed by atoms with Crippen LogP contribution in [0.25, 0.3) is 0 Å². The molecule has 3 rings (SSSR count). The Morgan fingerprint density at radius 1 is 1.14 bits per heavy atom. The third kappa shape index (κ3) is 3.58. The van der Waals surface area contributed by atoms with Crippen LogP contribution in [0.4, 0.5) is 0 Å². The second kappa shape index (κ2) is 6.37. The van der Waals surface area contributed by atoms with Crippen LogP contribution in [-0.4, -0.2) is 10.1 Å². The second-order valence-corrected chi connectivity index (χ2v) is 4.88. The predicted octanol–water partition coefficient (Wildman–Crippen LogP) is 3.10. The Kier molecular flexibility index (Phi) is 4.12. The molecule has 1 aromatic carbocycles. The van der Waals surface area contributed by atoms with Crippen molar-refractivity contribution in [3.63, 3.8) is 0 Å². The van der Waals surface area contributed by atoms with Crippen molar-refractivity contribution in [3.8, 4) is 0 Å². The molecule has 2 aromatic heterocycles. The highest BCUT2D eigenvalue weighted by atomic mass is 16.5. The lowest BCUT2D eigenvalue weighted by atomic mass is 10.1. The Bertz CT molecular complexity index is 662. The summed E-state index contributed by atoms with van der Waals surface area (Å²) in [7, 11) is 0. The van der Waals surface area contributed by atoms with Crippen LogP contribution in [0.3, 0.4) is 0 Å². The van der Waals surface area contributed by atoms with Gasteiger partial charge in [-0.3, -0.25) is 5.32 Å². The topological polar surface area (TPSA) is 64.1 Å². The number of benzene rings is 1. The first-order chi connectivity index (χ1) is 10.3. The van der Waals surface area contributed by atoms with Gasteiger partial charge in [0.2, 0.25) is 5.89 Å². The first-order valence-corrected chi connectivity index (χ1v) is 6.93. The molecule has 2 heterocycles. The summed E-state index contributed by atoms with van der Waals surface area (Å²) in [6.07, 6.45) is 2.34. The minimum atomic E-state index is 0.101. The van der Waals surface area contributed by atoms with Gasteiger partial charge in [-0.1, -0.05) is 35.5 Å². The molecule has 0 radical (unpaired) electrons. The van der Waals surface area contributed by atoms with E-state index >= 15 is 0 Å². The number of rotatable bonds is 6. The van der Waals surface area contributed by atoms with Gasteiger partial charge in [0.05, 0.1) is 18.8 Å². The fourth-order valence-electron chi connectivity index (χ4n) is 2.09. The lowest BCUT2D eigenvalue weighted by molar-refractivity contribution is 0.347. The van der Waals surface area contributed by atoms with Gasteiger partial charge < -0.3 is 8.94 Å². The van der Waals surface area contributed by atoms with E-state index in [1.54, 1.807) is 6.26 Å². The number of hydrogen-bond acceptors (Lipinski definition) is 5. The van der Waals surface area contributed by atoms with Crippen molar-refractivity contribution in [2.24, 2.45) is 0 Å². The zero-order chi connectivity index (χ0) is 14.5. The fraction of sp³-hybridized carbons (Fsp3) is 0.250. The van der Waals surface area contributed by atoms with Gasteiger partial charge in [0.25, 0.3) is 0 Å². The van der Waals surface area contributed by atoms with Gasteiger partial charge in [0.15, 0.2) is 5.82 Å². The van der Waals surface area contributed by atoms with E-state index in [1.807, 2.05) is 49.4 Å². The highest BCUT2D eigenvalue weighted by molar-refractivity contribution is 5.18. The predicted molar refractivity (Wildman–Crippen MR) is 77.5 cm³/mol. The molecule has 0 bridgehead atoms. The smallest absolute Gasteiger partial charge is 0.240 e. The van der Waals surface area contributed by atoms with Crippen LogP contribution in [0.5, 0.6) is 0 Å². The zero-order valence-corrected chi connectivity index (χ0v) is 11.8. The molecular weight excluding hydrogens is 266 g/mol. The van der Waals surface area contributed by atoms with Gasteiger partial charge in [0, 0.05) is 6.42 Å². The quantitative estimate of drug-likeness (QED) is 0.753. The number of hydrogen-bond donors (Lipinski definition) is 1. The van der Waals surface area contributed by atoms with Crippen LogP contribution in [0.1, 0.15) is 36.0 Å². The lowest BCUT2D eigenvalue weighted by Crippen LogP contribution is -2.17. The Labute approximate surface area is 123 Å². The average molecular weight is 283 g/mol. The van der Waals surface area contributed by atoms with Gasteiger partial charge in [-0.2, -0.15) is 4.98 Å². The van der Waals surface area contributed by atoms with E-state index in [0.717, 1.165) is 5.76 Å². The highest BCUT2D eigenvalue weighted by Gasteiger charge is 2.11. The van der Waals surface area contributed by atoms with Crippen LogP contribution >= 0.6 is 0 Å². The van der Waals surface area contributed by atoms with Gasteiger partial charge in [-0.05, 0) is 24.6 Å². The van der Waals surface area contributed by atoms with Crippen molar-refractivity contribution in [3.05, 3.63) is 71.8 Å². The SMILES string of the molecule is C[C@@H](NCc1nc(Cc2ccccc2)no1)c1ccco1. The van der Waals surface area contributed by atoms with E-state index in [-0.39, 0.29) is 6.04 Å². The Balaban J connectivity index is 1.55. The molecule has 0 aliphatic carbocycles. The monoisotopic (exact) mass is 283 g/mol. The molecular formula is C16H17N3O2. The maximum atomic E-state index is 5.34. The number of nitrogens with zero attached hydrogens (tertiary/aromatic N) is 2. The Hall–Kier alpha value is -2.40. The fourth-order valence-corrected chi connectivity index (χ4v) is 2.09. The highest BCUT2D eigenvalue weighted by Crippen LogP contribution is 2.13. The summed E-state index contributed by atoms with van der Waals surface area (Å²) in [5, 5.41) is 7.29. The van der Waals surface area contributed by atoms with E-state index < -0.39 is 0 Å². The maximum Gasteiger partial charge on any atom is 0.240 e. The molecule has 0 spiro atoms. The van der Waals surface area contributed by atoms with Crippen LogP contribution in [0.2, 0.25) is 0 Å². The third-order valence-electron chi connectivity index (χ3n) is 3.24. The molecule has 0 fully saturated rings. The summed E-state index contributed by atoms with van der Waals surface area (Å²) in [4.78, 5) is 4.39. The maximum absolute atomic E-state index is 5.34. The molecule has 0 aliphatic heterocycles. The lowest BCUT2D eigenvalue weighted by Gasteiger charge is -2.08. The van der Waals surface area contributed by atoms with Crippen molar-refractivity contribution < 1.29 is 8.94 Å². The van der Waals surface area contributed by atoms with Crippen molar-refractivity contribution in [1.82, 2.24) is 15.5 Å². The van der Waals surface area contributed by atoms with Crippen LogP contribution in [-0.2, 0) is 13.0 Å². The number of furan rings is 1. The largest absolute Gasteiger partial charge is 0.468 e. The van der Waals surface area contributed by atoms with E-state index in [9.17, 15) is 0 Å². The molecule has 1 N–H and O–H groups in total. The normalized spacial score (nSPS) is 12.4. The molecule has 5 heteroatoms. The van der Waals surface area contributed by atoms with E-state index in [0.29, 0.717) is 24.7 Å². The number of aromatic nitrogens is 2. The summed E-state index contributed by atoms with van der Waals surface area (Å²) in [5.41, 5.74) is 1.17. The average Bonchev–Trinajstić information content (AvgIpc) is 3.17.